The summed E-state index contributed by atoms with van der Waals surface area (Å²) >= 11 is 1.54. The van der Waals surface area contributed by atoms with Crippen molar-refractivity contribution in [3.05, 3.63) is 42.0 Å². The van der Waals surface area contributed by atoms with E-state index in [0.717, 1.165) is 24.2 Å². The molecule has 0 aromatic heterocycles. The van der Waals surface area contributed by atoms with Gasteiger partial charge in [-0.1, -0.05) is 29.8 Å². The first-order valence-electron chi connectivity index (χ1n) is 9.22. The van der Waals surface area contributed by atoms with Gasteiger partial charge in [0.1, 0.15) is 0 Å². The van der Waals surface area contributed by atoms with E-state index in [-0.39, 0.29) is 6.42 Å². The number of thioether (sulfide) groups is 1. The highest BCUT2D eigenvalue weighted by atomic mass is 32.2. The quantitative estimate of drug-likeness (QED) is 0.383. The Morgan fingerprint density at radius 3 is 2.67 bits per heavy atom. The molecule has 0 fully saturated rings. The molecule has 0 saturated heterocycles. The van der Waals surface area contributed by atoms with E-state index >= 15 is 0 Å². The zero-order chi connectivity index (χ0) is 19.3. The molecule has 6 nitrogen and oxygen atoms in total. The van der Waals surface area contributed by atoms with Gasteiger partial charge in [0.2, 0.25) is 0 Å². The second kappa shape index (κ2) is 12.2. The fourth-order valence-corrected chi connectivity index (χ4v) is 3.52. The van der Waals surface area contributed by atoms with Gasteiger partial charge in [0.15, 0.2) is 6.61 Å². The summed E-state index contributed by atoms with van der Waals surface area (Å²) in [6.07, 6.45) is 7.85. The van der Waals surface area contributed by atoms with Crippen molar-refractivity contribution in [3.8, 4) is 0 Å². The van der Waals surface area contributed by atoms with Crippen LogP contribution in [0, 0.1) is 0 Å². The van der Waals surface area contributed by atoms with Gasteiger partial charge < -0.3 is 10.1 Å². The van der Waals surface area contributed by atoms with Crippen LogP contribution >= 0.6 is 11.8 Å². The van der Waals surface area contributed by atoms with Crippen LogP contribution in [-0.4, -0.2) is 36.8 Å². The van der Waals surface area contributed by atoms with Gasteiger partial charge in [-0.15, -0.1) is 11.8 Å². The molecule has 0 radical (unpaired) electrons. The minimum absolute atomic E-state index is 0.203. The third kappa shape index (κ3) is 9.28. The molecule has 2 rings (SSSR count). The molecule has 27 heavy (non-hydrogen) atoms. The molecule has 0 spiro atoms. The predicted molar refractivity (Wildman–Crippen MR) is 105 cm³/mol. The van der Waals surface area contributed by atoms with Crippen LogP contribution < -0.4 is 10.6 Å². The number of rotatable bonds is 9. The van der Waals surface area contributed by atoms with Crippen molar-refractivity contribution in [2.24, 2.45) is 0 Å². The smallest absolute Gasteiger partial charge is 0.321 e. The van der Waals surface area contributed by atoms with Crippen LogP contribution in [0.2, 0.25) is 0 Å². The number of hydrogen-bond acceptors (Lipinski definition) is 5. The lowest BCUT2D eigenvalue weighted by molar-refractivity contribution is -0.147. The van der Waals surface area contributed by atoms with Gasteiger partial charge in [-0.05, 0) is 44.2 Å². The lowest BCUT2D eigenvalue weighted by Gasteiger charge is -2.13. The minimum atomic E-state index is -0.631. The number of urea groups is 1. The second-order valence-electron chi connectivity index (χ2n) is 6.23. The fraction of sp³-hybridized carbons (Fsp3) is 0.450. The molecule has 0 heterocycles. The summed E-state index contributed by atoms with van der Waals surface area (Å²) in [5.74, 6) is -0.521. The van der Waals surface area contributed by atoms with E-state index in [1.54, 1.807) is 11.8 Å². The first-order valence-corrected chi connectivity index (χ1v) is 10.2. The van der Waals surface area contributed by atoms with E-state index in [1.165, 1.54) is 18.4 Å². The molecule has 0 saturated carbocycles. The van der Waals surface area contributed by atoms with Crippen LogP contribution in [0.3, 0.4) is 0 Å². The van der Waals surface area contributed by atoms with Crippen LogP contribution in [0.5, 0.6) is 0 Å². The summed E-state index contributed by atoms with van der Waals surface area (Å²) in [4.78, 5) is 36.0. The Labute approximate surface area is 164 Å². The molecule has 1 aliphatic rings. The third-order valence-electron chi connectivity index (χ3n) is 4.05. The van der Waals surface area contributed by atoms with Crippen LogP contribution in [0.1, 0.15) is 38.5 Å². The van der Waals surface area contributed by atoms with Crippen LogP contribution in [0.4, 0.5) is 4.79 Å². The van der Waals surface area contributed by atoms with E-state index in [2.05, 4.69) is 16.7 Å². The number of imide groups is 1. The van der Waals surface area contributed by atoms with Crippen molar-refractivity contribution in [1.29, 1.82) is 0 Å². The monoisotopic (exact) mass is 390 g/mol. The number of ether oxygens (including phenoxy) is 1. The zero-order valence-corrected chi connectivity index (χ0v) is 16.2. The molecular weight excluding hydrogens is 364 g/mol. The van der Waals surface area contributed by atoms with E-state index in [1.807, 2.05) is 30.3 Å². The SMILES string of the molecule is O=C(COC(=O)CCSc1ccccc1)NC(=O)NCCC1=CCCCC1. The van der Waals surface area contributed by atoms with Gasteiger partial charge in [-0.3, -0.25) is 14.9 Å². The second-order valence-corrected chi connectivity index (χ2v) is 7.40. The lowest BCUT2D eigenvalue weighted by atomic mass is 9.97. The molecule has 0 bridgehead atoms. The minimum Gasteiger partial charge on any atom is -0.456 e. The van der Waals surface area contributed by atoms with Crippen LogP contribution in [0.15, 0.2) is 46.9 Å². The van der Waals surface area contributed by atoms with Crippen molar-refractivity contribution < 1.29 is 19.1 Å². The number of allylic oxidation sites excluding steroid dienone is 1. The summed E-state index contributed by atoms with van der Waals surface area (Å²) < 4.78 is 4.89. The first kappa shape index (κ1) is 21.0. The maximum atomic E-state index is 11.7. The standard InChI is InChI=1S/C20H26N2O4S/c23-18(22-20(25)21-13-11-16-7-3-1-4-8-16)15-26-19(24)12-14-27-17-9-5-2-6-10-17/h2,5-7,9-10H,1,3-4,8,11-15H2,(H2,21,22,23,25). The van der Waals surface area contributed by atoms with Gasteiger partial charge in [-0.25, -0.2) is 4.79 Å². The van der Waals surface area contributed by atoms with Crippen molar-refractivity contribution in [2.75, 3.05) is 18.9 Å². The molecule has 3 amide bonds. The maximum Gasteiger partial charge on any atom is 0.321 e. The largest absolute Gasteiger partial charge is 0.456 e. The molecule has 1 aliphatic carbocycles. The number of carbonyl (C=O) groups excluding carboxylic acids is 3. The van der Waals surface area contributed by atoms with Crippen LogP contribution in [-0.2, 0) is 14.3 Å². The van der Waals surface area contributed by atoms with E-state index < -0.39 is 24.5 Å². The van der Waals surface area contributed by atoms with Crippen molar-refractivity contribution in [2.45, 2.75) is 43.4 Å². The molecule has 0 aliphatic heterocycles. The fourth-order valence-electron chi connectivity index (χ4n) is 2.66. The van der Waals surface area contributed by atoms with Gasteiger partial charge in [0, 0.05) is 17.2 Å². The van der Waals surface area contributed by atoms with Crippen LogP contribution in [0.25, 0.3) is 0 Å². The average molecular weight is 391 g/mol. The predicted octanol–water partition coefficient (Wildman–Crippen LogP) is 3.43. The Kier molecular flexibility index (Phi) is 9.48. The van der Waals surface area contributed by atoms with Crippen molar-refractivity contribution in [1.82, 2.24) is 10.6 Å². The number of nitrogens with one attached hydrogen (secondary N) is 2. The lowest BCUT2D eigenvalue weighted by Crippen LogP contribution is -2.41. The van der Waals surface area contributed by atoms with Gasteiger partial charge in [0.05, 0.1) is 6.42 Å². The molecule has 1 aromatic carbocycles. The molecule has 2 N–H and O–H groups in total. The van der Waals surface area contributed by atoms with E-state index in [0.29, 0.717) is 12.3 Å². The van der Waals surface area contributed by atoms with Gasteiger partial charge in [-0.2, -0.15) is 0 Å². The summed E-state index contributed by atoms with van der Waals surface area (Å²) in [6, 6.07) is 9.16. The molecule has 0 unspecified atom stereocenters. The summed E-state index contributed by atoms with van der Waals surface area (Å²) in [5, 5.41) is 4.81. The summed E-state index contributed by atoms with van der Waals surface area (Å²) in [6.45, 7) is 0.0366. The van der Waals surface area contributed by atoms with E-state index in [9.17, 15) is 14.4 Å². The Balaban J connectivity index is 1.52. The highest BCUT2D eigenvalue weighted by Gasteiger charge is 2.11. The van der Waals surface area contributed by atoms with Crippen molar-refractivity contribution in [3.63, 3.8) is 0 Å². The Hall–Kier alpha value is -2.28. The number of esters is 1. The first-order chi connectivity index (χ1) is 13.1. The molecular formula is C20H26N2O4S. The van der Waals surface area contributed by atoms with Gasteiger partial charge >= 0.3 is 12.0 Å². The number of hydrogen-bond donors (Lipinski definition) is 2. The third-order valence-corrected chi connectivity index (χ3v) is 5.07. The summed E-state index contributed by atoms with van der Waals surface area (Å²) in [5.41, 5.74) is 1.36. The Bertz CT molecular complexity index is 661. The molecule has 7 heteroatoms. The highest BCUT2D eigenvalue weighted by molar-refractivity contribution is 7.99. The average Bonchev–Trinajstić information content (AvgIpc) is 2.68. The maximum absolute atomic E-state index is 11.7. The number of amides is 3. The Morgan fingerprint density at radius 1 is 1.11 bits per heavy atom. The number of benzene rings is 1. The molecule has 1 aromatic rings. The van der Waals surface area contributed by atoms with Crippen molar-refractivity contribution >= 4 is 29.7 Å². The summed E-state index contributed by atoms with van der Waals surface area (Å²) in [7, 11) is 0. The normalized spacial score (nSPS) is 13.4. The molecule has 0 atom stereocenters. The topological polar surface area (TPSA) is 84.5 Å². The molecule has 146 valence electrons. The zero-order valence-electron chi connectivity index (χ0n) is 15.4. The van der Waals surface area contributed by atoms with E-state index in [4.69, 9.17) is 4.74 Å². The van der Waals surface area contributed by atoms with Gasteiger partial charge in [0.25, 0.3) is 5.91 Å². The Morgan fingerprint density at radius 2 is 1.93 bits per heavy atom. The highest BCUT2D eigenvalue weighted by Crippen LogP contribution is 2.19. The number of carbonyl (C=O) groups is 3.